The van der Waals surface area contributed by atoms with Crippen molar-refractivity contribution in [2.24, 2.45) is 0 Å². The van der Waals surface area contributed by atoms with Gasteiger partial charge in [0, 0.05) is 19.3 Å². The first-order valence-electron chi connectivity index (χ1n) is 27.6. The number of carbonyl (C=O) groups excluding carboxylic acids is 3. The average molecular weight is 897 g/mol. The second-order valence-corrected chi connectivity index (χ2v) is 18.5. The summed E-state index contributed by atoms with van der Waals surface area (Å²) in [5, 5.41) is 0. The van der Waals surface area contributed by atoms with Crippen molar-refractivity contribution < 1.29 is 28.6 Å². The fraction of sp³-hybridized carbons (Fsp3) is 0.810. The van der Waals surface area contributed by atoms with Gasteiger partial charge in [-0.1, -0.05) is 236 Å². The van der Waals surface area contributed by atoms with E-state index in [1.54, 1.807) is 0 Å². The van der Waals surface area contributed by atoms with Crippen LogP contribution >= 0.6 is 0 Å². The summed E-state index contributed by atoms with van der Waals surface area (Å²) < 4.78 is 16.8. The predicted octanol–water partition coefficient (Wildman–Crippen LogP) is 18.3. The van der Waals surface area contributed by atoms with Gasteiger partial charge in [-0.05, 0) is 77.0 Å². The van der Waals surface area contributed by atoms with Crippen molar-refractivity contribution in [2.45, 2.75) is 290 Å². The largest absolute Gasteiger partial charge is 0.462 e. The minimum Gasteiger partial charge on any atom is -0.462 e. The fourth-order valence-corrected chi connectivity index (χ4v) is 7.86. The van der Waals surface area contributed by atoms with E-state index in [2.05, 4.69) is 69.4 Å². The van der Waals surface area contributed by atoms with Gasteiger partial charge < -0.3 is 14.2 Å². The predicted molar refractivity (Wildman–Crippen MR) is 275 cm³/mol. The molecule has 0 aromatic carbocycles. The Morgan fingerprint density at radius 1 is 0.312 bits per heavy atom. The van der Waals surface area contributed by atoms with Crippen molar-refractivity contribution in [1.29, 1.82) is 0 Å². The monoisotopic (exact) mass is 897 g/mol. The number of unbranched alkanes of at least 4 members (excludes halogenated alkanes) is 31. The minimum atomic E-state index is -0.778. The van der Waals surface area contributed by atoms with Crippen molar-refractivity contribution in [3.05, 3.63) is 48.6 Å². The van der Waals surface area contributed by atoms with Crippen molar-refractivity contribution in [3.63, 3.8) is 0 Å². The standard InChI is InChI=1S/C58H104O6/c1-4-7-10-13-16-19-22-24-26-28-29-31-32-34-36-39-42-45-48-51-57(60)63-54-55(53-62-56(59)50-47-44-41-38-21-18-15-12-9-6-3)64-58(61)52-49-46-43-40-37-35-33-30-27-25-23-20-17-14-11-8-5-2/h12,15-16,19,24,26,29,31,55H,4-11,13-14,17-18,20-23,25,27-28,30,32-54H2,1-3H3/b15-12-,19-16-,26-24-,31-29-. The Morgan fingerprint density at radius 3 is 0.984 bits per heavy atom. The second kappa shape index (κ2) is 53.0. The van der Waals surface area contributed by atoms with Crippen LogP contribution in [0.25, 0.3) is 0 Å². The normalized spacial score (nSPS) is 12.4. The number of carbonyl (C=O) groups is 3. The average Bonchev–Trinajstić information content (AvgIpc) is 3.29. The number of hydrogen-bond acceptors (Lipinski definition) is 6. The lowest BCUT2D eigenvalue weighted by Gasteiger charge is -2.18. The van der Waals surface area contributed by atoms with E-state index in [4.69, 9.17) is 14.2 Å². The van der Waals surface area contributed by atoms with Gasteiger partial charge in [-0.15, -0.1) is 0 Å². The van der Waals surface area contributed by atoms with Crippen LogP contribution in [0.2, 0.25) is 0 Å². The zero-order valence-corrected chi connectivity index (χ0v) is 42.6. The Bertz CT molecular complexity index is 1120. The highest BCUT2D eigenvalue weighted by Crippen LogP contribution is 2.16. The molecule has 0 N–H and O–H groups in total. The van der Waals surface area contributed by atoms with E-state index in [-0.39, 0.29) is 31.1 Å². The highest BCUT2D eigenvalue weighted by atomic mass is 16.6. The summed E-state index contributed by atoms with van der Waals surface area (Å²) in [6, 6.07) is 0. The van der Waals surface area contributed by atoms with Crippen LogP contribution in [0.4, 0.5) is 0 Å². The molecule has 0 bridgehead atoms. The maximum atomic E-state index is 12.8. The van der Waals surface area contributed by atoms with Crippen molar-refractivity contribution >= 4 is 17.9 Å². The zero-order chi connectivity index (χ0) is 46.5. The molecule has 0 rings (SSSR count). The van der Waals surface area contributed by atoms with Crippen LogP contribution in [0.3, 0.4) is 0 Å². The Labute approximate surface area is 397 Å². The molecule has 1 unspecified atom stereocenters. The van der Waals surface area contributed by atoms with Crippen molar-refractivity contribution in [3.8, 4) is 0 Å². The van der Waals surface area contributed by atoms with E-state index in [0.29, 0.717) is 19.3 Å². The minimum absolute atomic E-state index is 0.0796. The third-order valence-electron chi connectivity index (χ3n) is 12.0. The number of allylic oxidation sites excluding steroid dienone is 8. The van der Waals surface area contributed by atoms with Crippen molar-refractivity contribution in [2.75, 3.05) is 13.2 Å². The topological polar surface area (TPSA) is 78.9 Å². The molecule has 0 fully saturated rings. The van der Waals surface area contributed by atoms with Gasteiger partial charge in [0.25, 0.3) is 0 Å². The van der Waals surface area contributed by atoms with Crippen LogP contribution in [0, 0.1) is 0 Å². The molecule has 0 aliphatic carbocycles. The van der Waals surface area contributed by atoms with Crippen LogP contribution in [0.15, 0.2) is 48.6 Å². The van der Waals surface area contributed by atoms with E-state index in [9.17, 15) is 14.4 Å². The smallest absolute Gasteiger partial charge is 0.306 e. The molecular formula is C58H104O6. The third kappa shape index (κ3) is 50.4. The van der Waals surface area contributed by atoms with Gasteiger partial charge in [0.15, 0.2) is 6.10 Å². The molecule has 0 heterocycles. The number of esters is 3. The van der Waals surface area contributed by atoms with Crippen LogP contribution in [0.1, 0.15) is 284 Å². The lowest BCUT2D eigenvalue weighted by atomic mass is 10.0. The van der Waals surface area contributed by atoms with Crippen LogP contribution < -0.4 is 0 Å². The maximum Gasteiger partial charge on any atom is 0.306 e. The molecular weight excluding hydrogens is 793 g/mol. The summed E-state index contributed by atoms with van der Waals surface area (Å²) in [4.78, 5) is 38.0. The van der Waals surface area contributed by atoms with Crippen LogP contribution in [0.5, 0.6) is 0 Å². The van der Waals surface area contributed by atoms with Gasteiger partial charge in [-0.25, -0.2) is 0 Å². The van der Waals surface area contributed by atoms with Crippen LogP contribution in [-0.4, -0.2) is 37.2 Å². The SMILES string of the molecule is CCC/C=C\CCCCCCCC(=O)OCC(COC(=O)CCCCCCCC/C=C\C/C=C\C/C=C\CCCCC)OC(=O)CCCCCCCCCCCCCCCCCCC. The Hall–Kier alpha value is -2.63. The van der Waals surface area contributed by atoms with Crippen molar-refractivity contribution in [1.82, 2.24) is 0 Å². The van der Waals surface area contributed by atoms with E-state index in [1.807, 2.05) is 0 Å². The lowest BCUT2D eigenvalue weighted by Crippen LogP contribution is -2.30. The molecule has 0 aliphatic rings. The first-order valence-corrected chi connectivity index (χ1v) is 27.6. The molecule has 0 spiro atoms. The fourth-order valence-electron chi connectivity index (χ4n) is 7.86. The molecule has 6 heteroatoms. The molecule has 64 heavy (non-hydrogen) atoms. The summed E-state index contributed by atoms with van der Waals surface area (Å²) in [7, 11) is 0. The highest BCUT2D eigenvalue weighted by Gasteiger charge is 2.19. The molecule has 1 atom stereocenters. The summed E-state index contributed by atoms with van der Waals surface area (Å²) in [6.07, 6.45) is 63.9. The summed E-state index contributed by atoms with van der Waals surface area (Å²) in [5.41, 5.74) is 0. The molecule has 6 nitrogen and oxygen atoms in total. The molecule has 0 amide bonds. The second-order valence-electron chi connectivity index (χ2n) is 18.5. The lowest BCUT2D eigenvalue weighted by molar-refractivity contribution is -0.167. The van der Waals surface area contributed by atoms with Gasteiger partial charge in [-0.2, -0.15) is 0 Å². The Balaban J connectivity index is 4.32. The van der Waals surface area contributed by atoms with E-state index >= 15 is 0 Å². The Morgan fingerprint density at radius 2 is 0.594 bits per heavy atom. The van der Waals surface area contributed by atoms with Gasteiger partial charge in [0.2, 0.25) is 0 Å². The quantitative estimate of drug-likeness (QED) is 0.0262. The molecule has 0 saturated heterocycles. The van der Waals surface area contributed by atoms with E-state index in [0.717, 1.165) is 89.9 Å². The summed E-state index contributed by atoms with van der Waals surface area (Å²) in [5.74, 6) is -0.891. The maximum absolute atomic E-state index is 12.8. The van der Waals surface area contributed by atoms with Gasteiger partial charge in [-0.3, -0.25) is 14.4 Å². The Kier molecular flexibility index (Phi) is 50.8. The van der Waals surface area contributed by atoms with E-state index < -0.39 is 6.10 Å². The van der Waals surface area contributed by atoms with Crippen LogP contribution in [-0.2, 0) is 28.6 Å². The summed E-state index contributed by atoms with van der Waals surface area (Å²) >= 11 is 0. The molecule has 0 saturated carbocycles. The number of hydrogen-bond donors (Lipinski definition) is 0. The molecule has 0 aliphatic heterocycles. The molecule has 0 aromatic rings. The molecule has 372 valence electrons. The third-order valence-corrected chi connectivity index (χ3v) is 12.0. The molecule has 0 aromatic heterocycles. The van der Waals surface area contributed by atoms with E-state index in [1.165, 1.54) is 154 Å². The van der Waals surface area contributed by atoms with Gasteiger partial charge in [0.1, 0.15) is 13.2 Å². The highest BCUT2D eigenvalue weighted by molar-refractivity contribution is 5.71. The zero-order valence-electron chi connectivity index (χ0n) is 42.6. The first-order chi connectivity index (χ1) is 31.5. The molecule has 0 radical (unpaired) electrons. The van der Waals surface area contributed by atoms with Gasteiger partial charge >= 0.3 is 17.9 Å². The number of ether oxygens (including phenoxy) is 3. The first kappa shape index (κ1) is 61.4. The number of rotatable bonds is 50. The summed E-state index contributed by atoms with van der Waals surface area (Å²) in [6.45, 7) is 6.56. The van der Waals surface area contributed by atoms with Gasteiger partial charge in [0.05, 0.1) is 0 Å².